The molecule has 0 aromatic carbocycles. The molecule has 0 spiro atoms. The molecule has 0 saturated heterocycles. The first-order valence-electron chi connectivity index (χ1n) is 5.77. The summed E-state index contributed by atoms with van der Waals surface area (Å²) in [6.45, 7) is 4.90. The van der Waals surface area contributed by atoms with Gasteiger partial charge >= 0.3 is 9.53 Å². The van der Waals surface area contributed by atoms with Gasteiger partial charge < -0.3 is 18.5 Å². The average Bonchev–Trinajstić information content (AvgIpc) is 2.13. The van der Waals surface area contributed by atoms with Crippen molar-refractivity contribution in [2.24, 2.45) is 0 Å². The van der Waals surface area contributed by atoms with E-state index >= 15 is 0 Å². The summed E-state index contributed by atoms with van der Waals surface area (Å²) in [7, 11) is 1.63. The van der Waals surface area contributed by atoms with Crippen molar-refractivity contribution in [2.75, 3.05) is 33.8 Å². The van der Waals surface area contributed by atoms with Crippen LogP contribution in [0.3, 0.4) is 0 Å². The minimum absolute atomic E-state index is 0.472. The van der Waals surface area contributed by atoms with E-state index in [1.165, 1.54) is 25.8 Å². The van der Waals surface area contributed by atoms with E-state index in [0.29, 0.717) is 6.61 Å². The monoisotopic (exact) mass is 236 g/mol. The van der Waals surface area contributed by atoms with Gasteiger partial charge in [0.2, 0.25) is 0 Å². The summed E-state index contributed by atoms with van der Waals surface area (Å²) >= 11 is 0. The van der Waals surface area contributed by atoms with Crippen molar-refractivity contribution >= 4 is 9.53 Å². The molecule has 0 aliphatic carbocycles. The second kappa shape index (κ2) is 8.24. The van der Waals surface area contributed by atoms with Gasteiger partial charge in [0.1, 0.15) is 0 Å². The van der Waals surface area contributed by atoms with Crippen LogP contribution in [0.5, 0.6) is 0 Å². The van der Waals surface area contributed by atoms with E-state index in [-0.39, 0.29) is 0 Å². The van der Waals surface area contributed by atoms with Crippen molar-refractivity contribution in [2.45, 2.75) is 32.6 Å². The molecule has 0 aromatic rings. The van der Waals surface area contributed by atoms with Gasteiger partial charge in [0.15, 0.2) is 0 Å². The summed E-state index contributed by atoms with van der Waals surface area (Å²) < 4.78 is 5.80. The molecule has 4 nitrogen and oxygen atoms in total. The Hall–Kier alpha value is 0.0569. The van der Waals surface area contributed by atoms with Crippen LogP contribution in [0, 0.1) is 0 Å². The molecule has 5 heteroatoms. The lowest BCUT2D eigenvalue weighted by atomic mass is 10.2. The van der Waals surface area contributed by atoms with Crippen LogP contribution in [0.25, 0.3) is 0 Å². The predicted molar refractivity (Wildman–Crippen MR) is 63.5 cm³/mol. The smallest absolute Gasteiger partial charge is 0.392 e. The standard InChI is InChI=1S/C10H26NO3Si/c1-4-5-6-8-11(2,3)9-7-10-14-15(12)13/h12-13,15H,4-10H2,1-3H3/q+1. The molecule has 0 heterocycles. The normalized spacial score (nSPS) is 12.4. The Morgan fingerprint density at radius 1 is 1.07 bits per heavy atom. The van der Waals surface area contributed by atoms with Crippen molar-refractivity contribution < 1.29 is 18.5 Å². The highest BCUT2D eigenvalue weighted by Crippen LogP contribution is 2.04. The van der Waals surface area contributed by atoms with Crippen molar-refractivity contribution in [3.8, 4) is 0 Å². The molecule has 0 saturated carbocycles. The number of hydrogen-bond donors (Lipinski definition) is 2. The van der Waals surface area contributed by atoms with E-state index in [9.17, 15) is 0 Å². The maximum atomic E-state index is 8.62. The van der Waals surface area contributed by atoms with Crippen LogP contribution in [0.15, 0.2) is 0 Å². The summed E-state index contributed by atoms with van der Waals surface area (Å²) in [6.07, 6.45) is 4.71. The molecule has 0 unspecified atom stereocenters. The maximum Gasteiger partial charge on any atom is 0.478 e. The van der Waals surface area contributed by atoms with Crippen LogP contribution in [-0.2, 0) is 4.43 Å². The quantitative estimate of drug-likeness (QED) is 0.345. The summed E-state index contributed by atoms with van der Waals surface area (Å²) in [5.74, 6) is 0. The third kappa shape index (κ3) is 10.3. The minimum atomic E-state index is -2.79. The van der Waals surface area contributed by atoms with Gasteiger partial charge in [0, 0.05) is 13.0 Å². The molecule has 0 aromatic heterocycles. The van der Waals surface area contributed by atoms with Gasteiger partial charge in [0.05, 0.1) is 27.2 Å². The van der Waals surface area contributed by atoms with Crippen molar-refractivity contribution in [1.29, 1.82) is 0 Å². The molecule has 2 N–H and O–H groups in total. The second-order valence-corrected chi connectivity index (χ2v) is 5.63. The Morgan fingerprint density at radius 3 is 2.20 bits per heavy atom. The zero-order chi connectivity index (χ0) is 11.7. The summed E-state index contributed by atoms with van der Waals surface area (Å²) in [4.78, 5) is 17.2. The van der Waals surface area contributed by atoms with Crippen LogP contribution < -0.4 is 0 Å². The fourth-order valence-corrected chi connectivity index (χ4v) is 1.96. The van der Waals surface area contributed by atoms with E-state index in [1.807, 2.05) is 0 Å². The Balaban J connectivity index is 3.46. The van der Waals surface area contributed by atoms with Gasteiger partial charge in [-0.3, -0.25) is 0 Å². The number of quaternary nitrogens is 1. The van der Waals surface area contributed by atoms with E-state index in [0.717, 1.165) is 17.4 Å². The van der Waals surface area contributed by atoms with Gasteiger partial charge in [-0.15, -0.1) is 0 Å². The molecule has 15 heavy (non-hydrogen) atoms. The minimum Gasteiger partial charge on any atom is -0.392 e. The van der Waals surface area contributed by atoms with Crippen molar-refractivity contribution in [1.82, 2.24) is 0 Å². The largest absolute Gasteiger partial charge is 0.478 e. The Bertz CT molecular complexity index is 154. The highest BCUT2D eigenvalue weighted by molar-refractivity contribution is 6.32. The number of unbranched alkanes of at least 4 members (excludes halogenated alkanes) is 2. The van der Waals surface area contributed by atoms with Gasteiger partial charge in [-0.2, -0.15) is 0 Å². The lowest BCUT2D eigenvalue weighted by Gasteiger charge is -2.29. The van der Waals surface area contributed by atoms with Gasteiger partial charge in [-0.1, -0.05) is 13.3 Å². The summed E-state index contributed by atoms with van der Waals surface area (Å²) in [5, 5.41) is 0. The molecule has 0 aliphatic heterocycles. The molecule has 0 fully saturated rings. The highest BCUT2D eigenvalue weighted by atomic mass is 28.3. The maximum absolute atomic E-state index is 8.62. The molecular weight excluding hydrogens is 210 g/mol. The van der Waals surface area contributed by atoms with Gasteiger partial charge in [0.25, 0.3) is 0 Å². The lowest BCUT2D eigenvalue weighted by molar-refractivity contribution is -0.890. The predicted octanol–water partition coefficient (Wildman–Crippen LogP) is 0.362. The Morgan fingerprint density at radius 2 is 1.67 bits per heavy atom. The number of nitrogens with zero attached hydrogens (tertiary/aromatic N) is 1. The van der Waals surface area contributed by atoms with Gasteiger partial charge in [-0.25, -0.2) is 0 Å². The fourth-order valence-electron chi connectivity index (χ4n) is 1.58. The summed E-state index contributed by atoms with van der Waals surface area (Å²) in [5.41, 5.74) is 0. The molecule has 0 amide bonds. The molecule has 92 valence electrons. The molecule has 0 aliphatic rings. The lowest BCUT2D eigenvalue weighted by Crippen LogP contribution is -2.41. The zero-order valence-corrected chi connectivity index (χ0v) is 11.4. The van der Waals surface area contributed by atoms with Crippen LogP contribution in [0.1, 0.15) is 32.6 Å². The van der Waals surface area contributed by atoms with E-state index < -0.39 is 9.53 Å². The second-order valence-electron chi connectivity index (χ2n) is 4.64. The average molecular weight is 236 g/mol. The SMILES string of the molecule is CCCCC[N+](C)(C)CCCO[SiH](O)O. The molecular formula is C10H26NO3Si+. The topological polar surface area (TPSA) is 49.7 Å². The van der Waals surface area contributed by atoms with Crippen LogP contribution >= 0.6 is 0 Å². The third-order valence-corrected chi connectivity index (χ3v) is 3.08. The molecule has 0 radical (unpaired) electrons. The third-order valence-electron chi connectivity index (χ3n) is 2.54. The van der Waals surface area contributed by atoms with Gasteiger partial charge in [-0.05, 0) is 12.8 Å². The fraction of sp³-hybridized carbons (Fsp3) is 1.00. The first kappa shape index (κ1) is 15.1. The van der Waals surface area contributed by atoms with E-state index in [2.05, 4.69) is 21.0 Å². The van der Waals surface area contributed by atoms with Crippen molar-refractivity contribution in [3.63, 3.8) is 0 Å². The molecule has 0 atom stereocenters. The Labute approximate surface area is 95.0 Å². The molecule has 0 rings (SSSR count). The van der Waals surface area contributed by atoms with Crippen molar-refractivity contribution in [3.05, 3.63) is 0 Å². The van der Waals surface area contributed by atoms with Crippen LogP contribution in [0.2, 0.25) is 0 Å². The Kier molecular flexibility index (Phi) is 8.27. The number of rotatable bonds is 9. The zero-order valence-electron chi connectivity index (χ0n) is 10.3. The van der Waals surface area contributed by atoms with Crippen LogP contribution in [0.4, 0.5) is 0 Å². The first-order chi connectivity index (χ1) is 6.98. The van der Waals surface area contributed by atoms with E-state index in [4.69, 9.17) is 14.0 Å². The van der Waals surface area contributed by atoms with E-state index in [1.54, 1.807) is 0 Å². The summed E-state index contributed by atoms with van der Waals surface area (Å²) in [6, 6.07) is 0. The molecule has 0 bridgehead atoms. The first-order valence-corrected chi connectivity index (χ1v) is 7.28. The number of hydrogen-bond acceptors (Lipinski definition) is 3. The van der Waals surface area contributed by atoms with Crippen LogP contribution in [-0.4, -0.2) is 57.4 Å². The highest BCUT2D eigenvalue weighted by Gasteiger charge is 2.14.